The lowest BCUT2D eigenvalue weighted by Gasteiger charge is -2.52. The van der Waals surface area contributed by atoms with E-state index in [0.717, 1.165) is 17.8 Å². The second-order valence-corrected chi connectivity index (χ2v) is 11.2. The molecule has 1 fully saturated rings. The minimum atomic E-state index is -0.763. The van der Waals surface area contributed by atoms with Gasteiger partial charge in [0.2, 0.25) is 0 Å². The van der Waals surface area contributed by atoms with Gasteiger partial charge in [0.05, 0.1) is 12.1 Å². The zero-order valence-electron chi connectivity index (χ0n) is 23.2. The molecule has 4 rings (SSSR count). The molecule has 206 valence electrons. The van der Waals surface area contributed by atoms with Crippen LogP contribution in [0.5, 0.6) is 0 Å². The van der Waals surface area contributed by atoms with Crippen LogP contribution in [0.2, 0.25) is 0 Å². The molecule has 2 N–H and O–H groups in total. The SMILES string of the molecule is C[C@H]1CN(Cc2ccc(N(C)C(=O)c3ccc(Nc4ccc(F)cc4)nc3)cc2)CC[N+]1(C(=O)O)C(C)(C)C. The Hall–Kier alpha value is -3.82. The highest BCUT2D eigenvalue weighted by Crippen LogP contribution is 2.33. The molecule has 2 atom stereocenters. The Bertz CT molecular complexity index is 1310. The monoisotopic (exact) mass is 534 g/mol. The first kappa shape index (κ1) is 28.2. The van der Waals surface area contributed by atoms with Crippen molar-refractivity contribution in [1.82, 2.24) is 9.88 Å². The quantitative estimate of drug-likeness (QED) is 0.393. The smallest absolute Gasteiger partial charge is 0.435 e. The first-order valence-corrected chi connectivity index (χ1v) is 13.1. The van der Waals surface area contributed by atoms with Gasteiger partial charge in [-0.15, -0.1) is 0 Å². The molecule has 9 heteroatoms. The van der Waals surface area contributed by atoms with Gasteiger partial charge in [0.1, 0.15) is 29.8 Å². The van der Waals surface area contributed by atoms with E-state index >= 15 is 0 Å². The fourth-order valence-corrected chi connectivity index (χ4v) is 5.50. The second kappa shape index (κ2) is 11.1. The van der Waals surface area contributed by atoms with Gasteiger partial charge in [-0.3, -0.25) is 9.69 Å². The van der Waals surface area contributed by atoms with E-state index in [2.05, 4.69) is 15.2 Å². The summed E-state index contributed by atoms with van der Waals surface area (Å²) in [4.78, 5) is 33.5. The van der Waals surface area contributed by atoms with Crippen molar-refractivity contribution >= 4 is 29.2 Å². The topological polar surface area (TPSA) is 85.8 Å². The molecule has 2 aromatic carbocycles. The van der Waals surface area contributed by atoms with Crippen molar-refractivity contribution in [2.75, 3.05) is 36.9 Å². The lowest BCUT2D eigenvalue weighted by molar-refractivity contribution is -0.929. The molecule has 1 aromatic heterocycles. The summed E-state index contributed by atoms with van der Waals surface area (Å²) in [5, 5.41) is 13.1. The summed E-state index contributed by atoms with van der Waals surface area (Å²) in [6, 6.07) is 17.2. The average molecular weight is 535 g/mol. The van der Waals surface area contributed by atoms with E-state index in [0.29, 0.717) is 36.7 Å². The van der Waals surface area contributed by atoms with Crippen LogP contribution in [0.15, 0.2) is 66.9 Å². The van der Waals surface area contributed by atoms with Crippen LogP contribution in [-0.2, 0) is 6.54 Å². The molecule has 2 heterocycles. The maximum Gasteiger partial charge on any atom is 0.514 e. The van der Waals surface area contributed by atoms with Crippen molar-refractivity contribution < 1.29 is 23.6 Å². The Morgan fingerprint density at radius 1 is 1.10 bits per heavy atom. The predicted molar refractivity (Wildman–Crippen MR) is 151 cm³/mol. The van der Waals surface area contributed by atoms with Crippen LogP contribution in [-0.4, -0.2) is 69.7 Å². The first-order valence-electron chi connectivity index (χ1n) is 13.1. The van der Waals surface area contributed by atoms with Crippen LogP contribution in [0.3, 0.4) is 0 Å². The number of aromatic nitrogens is 1. The van der Waals surface area contributed by atoms with Crippen LogP contribution in [0.25, 0.3) is 0 Å². The van der Waals surface area contributed by atoms with Gasteiger partial charge in [-0.05, 0) is 81.8 Å². The Kier molecular flexibility index (Phi) is 8.04. The number of nitrogens with zero attached hydrogens (tertiary/aromatic N) is 4. The molecule has 1 aliphatic rings. The number of nitrogens with one attached hydrogen (secondary N) is 1. The molecule has 3 aromatic rings. The largest absolute Gasteiger partial charge is 0.514 e. The number of rotatable bonds is 6. The number of pyridine rings is 1. The number of anilines is 3. The van der Waals surface area contributed by atoms with E-state index < -0.39 is 6.09 Å². The molecular weight excluding hydrogens is 497 g/mol. The van der Waals surface area contributed by atoms with Crippen molar-refractivity contribution in [3.8, 4) is 0 Å². The van der Waals surface area contributed by atoms with Gasteiger partial charge in [-0.25, -0.2) is 13.9 Å². The molecule has 0 aliphatic carbocycles. The highest BCUT2D eigenvalue weighted by molar-refractivity contribution is 6.05. The average Bonchev–Trinajstić information content (AvgIpc) is 2.89. The first-order chi connectivity index (χ1) is 18.4. The van der Waals surface area contributed by atoms with Crippen LogP contribution in [0, 0.1) is 5.82 Å². The van der Waals surface area contributed by atoms with E-state index in [4.69, 9.17) is 0 Å². The Labute approximate surface area is 229 Å². The number of benzene rings is 2. The third-order valence-corrected chi connectivity index (χ3v) is 7.74. The number of hydrogen-bond acceptors (Lipinski definition) is 5. The fraction of sp³-hybridized carbons (Fsp3) is 0.367. The lowest BCUT2D eigenvalue weighted by Crippen LogP contribution is -2.73. The molecule has 39 heavy (non-hydrogen) atoms. The standard InChI is InChI=1S/C30H36FN5O3/c1-21-19-35(16-17-36(21,29(38)39)30(2,3)4)20-22-6-13-26(14-7-22)34(5)28(37)23-8-15-27(32-18-23)33-25-11-9-24(31)10-12-25/h6-15,18,21H,16-17,19-20H2,1-5H3,(H-,32,33,37,38,39)/p+1/t21-,36?/m0/s1. The summed E-state index contributed by atoms with van der Waals surface area (Å²) in [5.41, 5.74) is 2.64. The molecule has 0 spiro atoms. The zero-order chi connectivity index (χ0) is 28.4. The van der Waals surface area contributed by atoms with Crippen molar-refractivity contribution in [1.29, 1.82) is 0 Å². The van der Waals surface area contributed by atoms with Crippen molar-refractivity contribution in [3.63, 3.8) is 0 Å². The highest BCUT2D eigenvalue weighted by atomic mass is 19.1. The van der Waals surface area contributed by atoms with E-state index in [-0.39, 0.29) is 27.8 Å². The van der Waals surface area contributed by atoms with Crippen LogP contribution in [0.1, 0.15) is 43.6 Å². The molecule has 1 saturated heterocycles. The molecule has 1 aliphatic heterocycles. The summed E-state index contributed by atoms with van der Waals surface area (Å²) in [6.45, 7) is 10.7. The van der Waals surface area contributed by atoms with Crippen molar-refractivity contribution in [3.05, 3.63) is 83.8 Å². The predicted octanol–water partition coefficient (Wildman–Crippen LogP) is 5.74. The number of carbonyl (C=O) groups excluding carboxylic acids is 1. The zero-order valence-corrected chi connectivity index (χ0v) is 23.2. The fourth-order valence-electron chi connectivity index (χ4n) is 5.50. The van der Waals surface area contributed by atoms with Crippen LogP contribution < -0.4 is 10.2 Å². The van der Waals surface area contributed by atoms with Gasteiger partial charge >= 0.3 is 6.09 Å². The number of piperazine rings is 1. The summed E-state index contributed by atoms with van der Waals surface area (Å²) >= 11 is 0. The van der Waals surface area contributed by atoms with Gasteiger partial charge in [0.25, 0.3) is 5.91 Å². The Balaban J connectivity index is 1.36. The van der Waals surface area contributed by atoms with E-state index in [1.54, 1.807) is 36.2 Å². The molecule has 0 bridgehead atoms. The van der Waals surface area contributed by atoms with Crippen LogP contribution in [0.4, 0.5) is 26.4 Å². The van der Waals surface area contributed by atoms with Gasteiger partial charge in [0, 0.05) is 37.7 Å². The third-order valence-electron chi connectivity index (χ3n) is 7.74. The van der Waals surface area contributed by atoms with Gasteiger partial charge in [-0.2, -0.15) is 4.79 Å². The third kappa shape index (κ3) is 5.94. The van der Waals surface area contributed by atoms with E-state index in [9.17, 15) is 19.1 Å². The van der Waals surface area contributed by atoms with Crippen LogP contribution >= 0.6 is 0 Å². The maximum absolute atomic E-state index is 13.1. The number of amides is 2. The summed E-state index contributed by atoms with van der Waals surface area (Å²) in [5.74, 6) is 0.0614. The Morgan fingerprint density at radius 2 is 1.77 bits per heavy atom. The minimum Gasteiger partial charge on any atom is -0.435 e. The molecule has 0 radical (unpaired) electrons. The summed E-state index contributed by atoms with van der Waals surface area (Å²) in [7, 11) is 1.73. The van der Waals surface area contributed by atoms with Gasteiger partial charge in [0.15, 0.2) is 0 Å². The summed E-state index contributed by atoms with van der Waals surface area (Å²) < 4.78 is 13.2. The Morgan fingerprint density at radius 3 is 2.31 bits per heavy atom. The normalized spacial score (nSPS) is 19.9. The summed E-state index contributed by atoms with van der Waals surface area (Å²) in [6.07, 6.45) is 0.754. The van der Waals surface area contributed by atoms with Crippen molar-refractivity contribution in [2.24, 2.45) is 0 Å². The maximum atomic E-state index is 13.1. The van der Waals surface area contributed by atoms with E-state index in [1.807, 2.05) is 52.0 Å². The molecule has 0 saturated carbocycles. The minimum absolute atomic E-state index is 0.0369. The molecular formula is C30H37FN5O3+. The highest BCUT2D eigenvalue weighted by Gasteiger charge is 2.54. The number of halogens is 1. The van der Waals surface area contributed by atoms with Gasteiger partial charge in [-0.1, -0.05) is 12.1 Å². The van der Waals surface area contributed by atoms with Gasteiger partial charge < -0.3 is 15.3 Å². The molecule has 2 amide bonds. The number of quaternary nitrogens is 1. The molecule has 8 nitrogen and oxygen atoms in total. The number of carboxylic acid groups (broad SMARTS) is 1. The number of carbonyl (C=O) groups is 2. The number of hydrogen-bond donors (Lipinski definition) is 2. The second-order valence-electron chi connectivity index (χ2n) is 11.2. The van der Waals surface area contributed by atoms with Crippen molar-refractivity contribution in [2.45, 2.75) is 45.8 Å². The molecule has 1 unspecified atom stereocenters. The lowest BCUT2D eigenvalue weighted by atomic mass is 9.95. The van der Waals surface area contributed by atoms with E-state index in [1.165, 1.54) is 18.3 Å².